The van der Waals surface area contributed by atoms with E-state index in [0.29, 0.717) is 40.0 Å². The largest absolute Gasteiger partial charge is 0.367 e. The maximum Gasteiger partial charge on any atom is 0.254 e. The number of rotatable bonds is 5. The second kappa shape index (κ2) is 6.97. The van der Waals surface area contributed by atoms with Gasteiger partial charge in [-0.15, -0.1) is 0 Å². The molecule has 3 aromatic heterocycles. The lowest BCUT2D eigenvalue weighted by Crippen LogP contribution is -2.19. The highest BCUT2D eigenvalue weighted by Gasteiger charge is 2.25. The summed E-state index contributed by atoms with van der Waals surface area (Å²) in [6.07, 6.45) is 6.95. The van der Waals surface area contributed by atoms with Crippen molar-refractivity contribution in [3.63, 3.8) is 0 Å². The van der Waals surface area contributed by atoms with E-state index in [1.807, 2.05) is 12.1 Å². The first-order valence-electron chi connectivity index (χ1n) is 9.42. The van der Waals surface area contributed by atoms with Gasteiger partial charge in [-0.3, -0.25) is 14.9 Å². The number of imide groups is 1. The zero-order chi connectivity index (χ0) is 20.7. The van der Waals surface area contributed by atoms with Crippen LogP contribution in [0, 0.1) is 11.3 Å². The van der Waals surface area contributed by atoms with Gasteiger partial charge in [-0.25, -0.2) is 9.97 Å². The second-order valence-corrected chi connectivity index (χ2v) is 7.17. The Kier molecular flexibility index (Phi) is 4.14. The number of nitrogens with zero attached hydrogens (tertiary/aromatic N) is 5. The van der Waals surface area contributed by atoms with Gasteiger partial charge in [0.05, 0.1) is 18.2 Å². The maximum absolute atomic E-state index is 11.9. The predicted octanol–water partition coefficient (Wildman–Crippen LogP) is 1.74. The average Bonchev–Trinajstić information content (AvgIpc) is 3.37. The number of pyridine rings is 1. The van der Waals surface area contributed by atoms with E-state index in [-0.39, 0.29) is 12.3 Å². The Labute approximate surface area is 170 Å². The van der Waals surface area contributed by atoms with Crippen LogP contribution in [-0.2, 0) is 9.59 Å². The van der Waals surface area contributed by atoms with Crippen molar-refractivity contribution in [1.82, 2.24) is 24.9 Å². The lowest BCUT2D eigenvalue weighted by atomic mass is 10.1. The van der Waals surface area contributed by atoms with Gasteiger partial charge in [-0.2, -0.15) is 14.9 Å². The maximum atomic E-state index is 11.9. The fourth-order valence-electron chi connectivity index (χ4n) is 3.16. The molecule has 0 bridgehead atoms. The molecule has 2 amide bonds. The number of nitrogens with one attached hydrogen (secondary N) is 3. The van der Waals surface area contributed by atoms with Gasteiger partial charge in [-0.05, 0) is 31.1 Å². The van der Waals surface area contributed by atoms with Crippen LogP contribution in [0.1, 0.15) is 30.4 Å². The van der Waals surface area contributed by atoms with Crippen LogP contribution >= 0.6 is 0 Å². The minimum Gasteiger partial charge on any atom is -0.367 e. The molecule has 2 aliphatic rings. The van der Waals surface area contributed by atoms with E-state index < -0.39 is 5.91 Å². The normalized spacial score (nSPS) is 17.2. The van der Waals surface area contributed by atoms with Gasteiger partial charge < -0.3 is 10.6 Å². The van der Waals surface area contributed by atoms with Crippen molar-refractivity contribution in [1.29, 1.82) is 5.26 Å². The quantitative estimate of drug-likeness (QED) is 0.435. The number of hydrogen-bond acceptors (Lipinski definition) is 8. The van der Waals surface area contributed by atoms with Crippen LogP contribution in [0.5, 0.6) is 0 Å². The van der Waals surface area contributed by atoms with Crippen molar-refractivity contribution in [2.45, 2.75) is 25.3 Å². The average molecular weight is 400 g/mol. The summed E-state index contributed by atoms with van der Waals surface area (Å²) in [5.41, 5.74) is 2.01. The molecule has 1 aliphatic heterocycles. The van der Waals surface area contributed by atoms with E-state index in [0.717, 1.165) is 18.7 Å². The van der Waals surface area contributed by atoms with Gasteiger partial charge in [0.25, 0.3) is 5.91 Å². The monoisotopic (exact) mass is 400 g/mol. The Morgan fingerprint density at radius 1 is 1.23 bits per heavy atom. The van der Waals surface area contributed by atoms with Crippen molar-refractivity contribution in [3.05, 3.63) is 47.3 Å². The van der Waals surface area contributed by atoms with E-state index in [4.69, 9.17) is 5.26 Å². The molecule has 1 aliphatic carbocycles. The lowest BCUT2D eigenvalue weighted by Gasteiger charge is -2.11. The SMILES string of the molecule is N#Cc1ccc(Nc2cc(NC3CC3)n3ncc(/C=C4\CC(=O)NC4=O)c3n2)nc1. The summed E-state index contributed by atoms with van der Waals surface area (Å²) < 4.78 is 1.68. The van der Waals surface area contributed by atoms with E-state index >= 15 is 0 Å². The minimum atomic E-state index is -0.397. The zero-order valence-electron chi connectivity index (χ0n) is 15.7. The van der Waals surface area contributed by atoms with Gasteiger partial charge in [0, 0.05) is 29.4 Å². The van der Waals surface area contributed by atoms with E-state index in [1.54, 1.807) is 28.9 Å². The summed E-state index contributed by atoms with van der Waals surface area (Å²) in [7, 11) is 0. The second-order valence-electron chi connectivity index (χ2n) is 7.17. The summed E-state index contributed by atoms with van der Waals surface area (Å²) in [6, 6.07) is 7.63. The molecule has 10 nitrogen and oxygen atoms in total. The van der Waals surface area contributed by atoms with Crippen LogP contribution in [0.4, 0.5) is 17.5 Å². The molecular weight excluding hydrogens is 384 g/mol. The number of hydrogen-bond donors (Lipinski definition) is 3. The third-order valence-corrected chi connectivity index (χ3v) is 4.80. The molecule has 30 heavy (non-hydrogen) atoms. The molecule has 5 rings (SSSR count). The number of nitriles is 1. The molecular formula is C20H16N8O2. The molecule has 3 aromatic rings. The summed E-state index contributed by atoms with van der Waals surface area (Å²) >= 11 is 0. The van der Waals surface area contributed by atoms with Gasteiger partial charge in [0.15, 0.2) is 5.65 Å². The standard InChI is InChI=1S/C20H16N8O2/c21-8-11-1-4-15(22-9-11)25-16-7-17(24-14-2-3-14)28-19(26-16)13(10-23-28)5-12-6-18(29)27-20(12)30/h1,4-5,7,9-10,14,24H,2-3,6H2,(H,22,25,26)(H,27,29,30)/b12-5+. The molecule has 148 valence electrons. The molecule has 0 radical (unpaired) electrons. The molecule has 1 saturated carbocycles. The third-order valence-electron chi connectivity index (χ3n) is 4.80. The molecule has 0 unspecified atom stereocenters. The third kappa shape index (κ3) is 3.44. The number of amides is 2. The summed E-state index contributed by atoms with van der Waals surface area (Å²) in [4.78, 5) is 32.3. The molecule has 10 heteroatoms. The number of carbonyl (C=O) groups is 2. The predicted molar refractivity (Wildman–Crippen MR) is 108 cm³/mol. The van der Waals surface area contributed by atoms with Crippen molar-refractivity contribution in [2.75, 3.05) is 10.6 Å². The number of anilines is 3. The van der Waals surface area contributed by atoms with Crippen molar-refractivity contribution in [2.24, 2.45) is 0 Å². The zero-order valence-corrected chi connectivity index (χ0v) is 15.7. The molecule has 2 fully saturated rings. The molecule has 1 saturated heterocycles. The fraction of sp³-hybridized carbons (Fsp3) is 0.200. The smallest absolute Gasteiger partial charge is 0.254 e. The van der Waals surface area contributed by atoms with Crippen molar-refractivity contribution >= 4 is 41.0 Å². The van der Waals surface area contributed by atoms with Gasteiger partial charge >= 0.3 is 0 Å². The van der Waals surface area contributed by atoms with Gasteiger partial charge in [-0.1, -0.05) is 0 Å². The summed E-state index contributed by atoms with van der Waals surface area (Å²) in [5, 5.41) is 22.2. The molecule has 0 spiro atoms. The minimum absolute atomic E-state index is 0.0382. The van der Waals surface area contributed by atoms with Crippen molar-refractivity contribution in [3.8, 4) is 6.07 Å². The Hall–Kier alpha value is -4.26. The van der Waals surface area contributed by atoms with E-state index in [1.165, 1.54) is 6.20 Å². The summed E-state index contributed by atoms with van der Waals surface area (Å²) in [6.45, 7) is 0. The Balaban J connectivity index is 1.55. The van der Waals surface area contributed by atoms with E-state index in [9.17, 15) is 9.59 Å². The Bertz CT molecular complexity index is 1250. The highest BCUT2D eigenvalue weighted by atomic mass is 16.2. The van der Waals surface area contributed by atoms with Crippen LogP contribution in [0.15, 0.2) is 36.2 Å². The number of carbonyl (C=O) groups excluding carboxylic acids is 2. The lowest BCUT2D eigenvalue weighted by molar-refractivity contribution is -0.124. The van der Waals surface area contributed by atoms with Crippen LogP contribution in [0.3, 0.4) is 0 Å². The molecule has 0 aromatic carbocycles. The molecule has 0 atom stereocenters. The topological polar surface area (TPSA) is 137 Å². The number of aromatic nitrogens is 4. The van der Waals surface area contributed by atoms with Gasteiger partial charge in [0.2, 0.25) is 5.91 Å². The Morgan fingerprint density at radius 3 is 2.77 bits per heavy atom. The number of fused-ring (bicyclic) bond motifs is 1. The highest BCUT2D eigenvalue weighted by Crippen LogP contribution is 2.28. The Morgan fingerprint density at radius 2 is 2.10 bits per heavy atom. The molecule has 4 heterocycles. The first-order chi connectivity index (χ1) is 14.6. The van der Waals surface area contributed by atoms with E-state index in [2.05, 4.69) is 31.0 Å². The van der Waals surface area contributed by atoms with Crippen LogP contribution in [0.25, 0.3) is 11.7 Å². The van der Waals surface area contributed by atoms with Crippen LogP contribution in [0.2, 0.25) is 0 Å². The summed E-state index contributed by atoms with van der Waals surface area (Å²) in [5.74, 6) is 1.13. The van der Waals surface area contributed by atoms with Gasteiger partial charge in [0.1, 0.15) is 23.5 Å². The first kappa shape index (κ1) is 17.8. The van der Waals surface area contributed by atoms with Crippen LogP contribution in [-0.4, -0.2) is 37.4 Å². The van der Waals surface area contributed by atoms with Crippen molar-refractivity contribution < 1.29 is 9.59 Å². The first-order valence-corrected chi connectivity index (χ1v) is 9.42. The van der Waals surface area contributed by atoms with Crippen LogP contribution < -0.4 is 16.0 Å². The fourth-order valence-corrected chi connectivity index (χ4v) is 3.16. The molecule has 3 N–H and O–H groups in total. The highest BCUT2D eigenvalue weighted by molar-refractivity contribution is 6.15.